The van der Waals surface area contributed by atoms with Crippen molar-refractivity contribution in [1.29, 1.82) is 0 Å². The van der Waals surface area contributed by atoms with Crippen LogP contribution in [0.5, 0.6) is 0 Å². The number of rotatable bonds is 7. The van der Waals surface area contributed by atoms with Crippen molar-refractivity contribution in [3.8, 4) is 0 Å². The summed E-state index contributed by atoms with van der Waals surface area (Å²) in [5.74, 6) is 1.85. The fourth-order valence-corrected chi connectivity index (χ4v) is 2.36. The summed E-state index contributed by atoms with van der Waals surface area (Å²) in [5.41, 5.74) is 0.547. The average Bonchev–Trinajstić information content (AvgIpc) is 2.13. The van der Waals surface area contributed by atoms with E-state index in [1.54, 1.807) is 0 Å². The first-order valence-corrected chi connectivity index (χ1v) is 6.45. The van der Waals surface area contributed by atoms with Crippen LogP contribution in [0.4, 0.5) is 0 Å². The van der Waals surface area contributed by atoms with E-state index in [1.165, 1.54) is 32.1 Å². The lowest BCUT2D eigenvalue weighted by Crippen LogP contribution is -2.16. The van der Waals surface area contributed by atoms with Crippen LogP contribution in [0.2, 0.25) is 0 Å². The quantitative estimate of drug-likeness (QED) is 0.522. The van der Waals surface area contributed by atoms with E-state index in [1.807, 2.05) is 0 Å². The smallest absolute Gasteiger partial charge is 0.0354 e. The van der Waals surface area contributed by atoms with Crippen LogP contribution >= 0.6 is 0 Å². The Balaban J connectivity index is 3.90. The van der Waals surface area contributed by atoms with E-state index in [2.05, 4.69) is 41.5 Å². The Hall–Kier alpha value is 0. The van der Waals surface area contributed by atoms with Crippen molar-refractivity contribution in [2.45, 2.75) is 73.6 Å². The van der Waals surface area contributed by atoms with Crippen LogP contribution in [0, 0.1) is 17.3 Å². The minimum Gasteiger partial charge on any atom is -0.0651 e. The molecule has 0 spiro atoms. The monoisotopic (exact) mass is 198 g/mol. The highest BCUT2D eigenvalue weighted by Gasteiger charge is 2.20. The summed E-state index contributed by atoms with van der Waals surface area (Å²) >= 11 is 0. The van der Waals surface area contributed by atoms with Crippen LogP contribution in [0.3, 0.4) is 0 Å². The summed E-state index contributed by atoms with van der Waals surface area (Å²) in [7, 11) is 0. The summed E-state index contributed by atoms with van der Waals surface area (Å²) in [6.07, 6.45) is 6.83. The van der Waals surface area contributed by atoms with Crippen molar-refractivity contribution in [2.24, 2.45) is 17.3 Å². The molecule has 0 fully saturated rings. The van der Waals surface area contributed by atoms with E-state index >= 15 is 0 Å². The minimum absolute atomic E-state index is 0.547. The molecule has 0 aromatic carbocycles. The highest BCUT2D eigenvalue weighted by Crippen LogP contribution is 2.32. The zero-order valence-corrected chi connectivity index (χ0v) is 11.2. The lowest BCUT2D eigenvalue weighted by molar-refractivity contribution is 0.235. The first-order valence-electron chi connectivity index (χ1n) is 6.45. The van der Waals surface area contributed by atoms with Gasteiger partial charge < -0.3 is 0 Å². The van der Waals surface area contributed by atoms with Crippen molar-refractivity contribution in [2.75, 3.05) is 0 Å². The van der Waals surface area contributed by atoms with Crippen LogP contribution < -0.4 is 0 Å². The van der Waals surface area contributed by atoms with Gasteiger partial charge in [0.25, 0.3) is 0 Å². The second kappa shape index (κ2) is 6.48. The van der Waals surface area contributed by atoms with Crippen molar-refractivity contribution >= 4 is 0 Å². The van der Waals surface area contributed by atoms with Gasteiger partial charge in [0.15, 0.2) is 0 Å². The Morgan fingerprint density at radius 2 is 1.50 bits per heavy atom. The van der Waals surface area contributed by atoms with Gasteiger partial charge in [-0.3, -0.25) is 0 Å². The summed E-state index contributed by atoms with van der Waals surface area (Å²) in [6, 6.07) is 0. The molecule has 0 bridgehead atoms. The highest BCUT2D eigenvalue weighted by atomic mass is 14.3. The molecule has 0 aromatic heterocycles. The van der Waals surface area contributed by atoms with E-state index in [-0.39, 0.29) is 0 Å². The average molecular weight is 198 g/mol. The van der Waals surface area contributed by atoms with E-state index < -0.39 is 0 Å². The summed E-state index contributed by atoms with van der Waals surface area (Å²) in [5, 5.41) is 0. The standard InChI is InChI=1S/C14H30/c1-7-13(8-2)10-12(4)11-14(5,6)9-3/h12-13H,7-11H2,1-6H3. The molecule has 0 aromatic rings. The van der Waals surface area contributed by atoms with Crippen LogP contribution in [-0.4, -0.2) is 0 Å². The topological polar surface area (TPSA) is 0 Å². The van der Waals surface area contributed by atoms with Crippen molar-refractivity contribution < 1.29 is 0 Å². The summed E-state index contributed by atoms with van der Waals surface area (Å²) < 4.78 is 0. The molecular weight excluding hydrogens is 168 g/mol. The third-order valence-electron chi connectivity index (χ3n) is 3.75. The van der Waals surface area contributed by atoms with Crippen molar-refractivity contribution in [3.63, 3.8) is 0 Å². The Morgan fingerprint density at radius 1 is 1.00 bits per heavy atom. The van der Waals surface area contributed by atoms with Gasteiger partial charge in [-0.15, -0.1) is 0 Å². The minimum atomic E-state index is 0.547. The highest BCUT2D eigenvalue weighted by molar-refractivity contribution is 4.71. The van der Waals surface area contributed by atoms with Gasteiger partial charge >= 0.3 is 0 Å². The van der Waals surface area contributed by atoms with E-state index in [0.29, 0.717) is 5.41 Å². The van der Waals surface area contributed by atoms with Gasteiger partial charge in [0.05, 0.1) is 0 Å². The molecule has 0 amide bonds. The molecule has 0 N–H and O–H groups in total. The van der Waals surface area contributed by atoms with E-state index in [4.69, 9.17) is 0 Å². The molecule has 0 aliphatic heterocycles. The molecule has 1 atom stereocenters. The van der Waals surface area contributed by atoms with Gasteiger partial charge in [-0.05, 0) is 30.1 Å². The van der Waals surface area contributed by atoms with Gasteiger partial charge in [-0.1, -0.05) is 60.8 Å². The molecule has 1 unspecified atom stereocenters. The van der Waals surface area contributed by atoms with Crippen LogP contribution in [-0.2, 0) is 0 Å². The molecule has 0 rings (SSSR count). The zero-order chi connectivity index (χ0) is 11.2. The maximum Gasteiger partial charge on any atom is -0.0354 e. The molecule has 0 aliphatic rings. The molecule has 14 heavy (non-hydrogen) atoms. The lowest BCUT2D eigenvalue weighted by atomic mass is 9.78. The predicted octanol–water partition coefficient (Wildman–Crippen LogP) is 5.28. The zero-order valence-electron chi connectivity index (χ0n) is 11.2. The largest absolute Gasteiger partial charge is 0.0651 e. The molecule has 0 aliphatic carbocycles. The van der Waals surface area contributed by atoms with Crippen molar-refractivity contribution in [3.05, 3.63) is 0 Å². The van der Waals surface area contributed by atoms with Gasteiger partial charge in [-0.2, -0.15) is 0 Å². The van der Waals surface area contributed by atoms with E-state index in [9.17, 15) is 0 Å². The molecule has 0 heterocycles. The predicted molar refractivity (Wildman–Crippen MR) is 66.5 cm³/mol. The fraction of sp³-hybridized carbons (Fsp3) is 1.00. The second-order valence-electron chi connectivity index (χ2n) is 5.75. The van der Waals surface area contributed by atoms with Crippen molar-refractivity contribution in [1.82, 2.24) is 0 Å². The second-order valence-corrected chi connectivity index (χ2v) is 5.75. The maximum atomic E-state index is 2.43. The van der Waals surface area contributed by atoms with Crippen LogP contribution in [0.15, 0.2) is 0 Å². The Labute approximate surface area is 91.5 Å². The third-order valence-corrected chi connectivity index (χ3v) is 3.75. The molecule has 86 valence electrons. The first kappa shape index (κ1) is 14.0. The molecule has 0 nitrogen and oxygen atoms in total. The normalized spacial score (nSPS) is 14.8. The summed E-state index contributed by atoms with van der Waals surface area (Å²) in [6.45, 7) is 14.2. The number of hydrogen-bond donors (Lipinski definition) is 0. The molecule has 0 saturated carbocycles. The summed E-state index contributed by atoms with van der Waals surface area (Å²) in [4.78, 5) is 0. The van der Waals surface area contributed by atoms with Gasteiger partial charge in [-0.25, -0.2) is 0 Å². The Morgan fingerprint density at radius 3 is 1.86 bits per heavy atom. The molecule has 0 radical (unpaired) electrons. The number of hydrogen-bond acceptors (Lipinski definition) is 0. The maximum absolute atomic E-state index is 2.43. The molecule has 0 heteroatoms. The Bertz CT molecular complexity index is 131. The van der Waals surface area contributed by atoms with Gasteiger partial charge in [0.1, 0.15) is 0 Å². The molecule has 0 saturated heterocycles. The van der Waals surface area contributed by atoms with Gasteiger partial charge in [0, 0.05) is 0 Å². The first-order chi connectivity index (χ1) is 6.45. The van der Waals surface area contributed by atoms with E-state index in [0.717, 1.165) is 11.8 Å². The van der Waals surface area contributed by atoms with Crippen LogP contribution in [0.1, 0.15) is 73.6 Å². The third kappa shape index (κ3) is 5.67. The Kier molecular flexibility index (Phi) is 6.48. The fourth-order valence-electron chi connectivity index (χ4n) is 2.36. The van der Waals surface area contributed by atoms with Crippen LogP contribution in [0.25, 0.3) is 0 Å². The van der Waals surface area contributed by atoms with Gasteiger partial charge in [0.2, 0.25) is 0 Å². The molecular formula is C14H30. The SMILES string of the molecule is CCC(CC)CC(C)CC(C)(C)CC. The lowest BCUT2D eigenvalue weighted by Gasteiger charge is -2.28.